The molecule has 0 saturated carbocycles. The third-order valence-electron chi connectivity index (χ3n) is 8.60. The molecule has 0 spiro atoms. The molecule has 260 valence electrons. The van der Waals surface area contributed by atoms with Crippen molar-refractivity contribution in [1.82, 2.24) is 0 Å². The Kier molecular flexibility index (Phi) is 24.2. The lowest BCUT2D eigenvalue weighted by Gasteiger charge is -2.17. The first-order valence-corrected chi connectivity index (χ1v) is 16.7. The van der Waals surface area contributed by atoms with Gasteiger partial charge in [0.25, 0.3) is 0 Å². The number of carbonyl (C=O) groups is 6. The highest BCUT2D eigenvalue weighted by molar-refractivity contribution is 5.93. The Morgan fingerprint density at radius 2 is 0.422 bits per heavy atom. The van der Waals surface area contributed by atoms with Crippen molar-refractivity contribution in [2.24, 2.45) is 23.7 Å². The summed E-state index contributed by atoms with van der Waals surface area (Å²) in [6.45, 7) is 0. The van der Waals surface area contributed by atoms with Crippen LogP contribution in [0.1, 0.15) is 148 Å². The predicted molar refractivity (Wildman–Crippen MR) is 166 cm³/mol. The summed E-state index contributed by atoms with van der Waals surface area (Å²) in [6.07, 6.45) is 19.2. The second kappa shape index (κ2) is 26.1. The van der Waals surface area contributed by atoms with Gasteiger partial charge in [0.2, 0.25) is 0 Å². The lowest BCUT2D eigenvalue weighted by Crippen LogP contribution is -2.23. The van der Waals surface area contributed by atoms with Gasteiger partial charge >= 0.3 is 35.8 Å². The Hall–Kier alpha value is -3.18. The monoisotopic (exact) mass is 644 g/mol. The van der Waals surface area contributed by atoms with Gasteiger partial charge in [0, 0.05) is 0 Å². The standard InChI is InChI=1S/C33H56O12/c34-28(35)25(29(36)37)21-15-9-3-1-6-12-18-24(20-14-8-5-11-17-23-27(32(42)43)33(44)45)19-13-7-2-4-10-16-22-26(30(38)39)31(40)41/h24-27H,1-23H2,(H,34,35)(H,36,37)(H,38,39)(H,40,41)(H,42,43)(H,44,45). The Morgan fingerprint density at radius 1 is 0.267 bits per heavy atom. The molecule has 0 aliphatic rings. The zero-order valence-corrected chi connectivity index (χ0v) is 26.7. The van der Waals surface area contributed by atoms with Gasteiger partial charge in [-0.15, -0.1) is 0 Å². The molecule has 0 bridgehead atoms. The van der Waals surface area contributed by atoms with Gasteiger partial charge in [-0.2, -0.15) is 0 Å². The van der Waals surface area contributed by atoms with Crippen LogP contribution in [-0.2, 0) is 28.8 Å². The van der Waals surface area contributed by atoms with E-state index in [0.29, 0.717) is 25.2 Å². The summed E-state index contributed by atoms with van der Waals surface area (Å²) in [5, 5.41) is 53.8. The van der Waals surface area contributed by atoms with E-state index in [4.69, 9.17) is 30.6 Å². The summed E-state index contributed by atoms with van der Waals surface area (Å²) < 4.78 is 0. The molecule has 0 aliphatic carbocycles. The van der Waals surface area contributed by atoms with Crippen LogP contribution in [0.5, 0.6) is 0 Å². The molecule has 0 rings (SSSR count). The van der Waals surface area contributed by atoms with Crippen LogP contribution in [0.4, 0.5) is 0 Å². The van der Waals surface area contributed by atoms with Crippen LogP contribution >= 0.6 is 0 Å². The summed E-state index contributed by atoms with van der Waals surface area (Å²) in [7, 11) is 0. The van der Waals surface area contributed by atoms with E-state index in [1.807, 2.05) is 0 Å². The second-order valence-electron chi connectivity index (χ2n) is 12.3. The van der Waals surface area contributed by atoms with Gasteiger partial charge in [0.15, 0.2) is 17.8 Å². The van der Waals surface area contributed by atoms with Crippen molar-refractivity contribution < 1.29 is 59.4 Å². The molecule has 12 nitrogen and oxygen atoms in total. The average molecular weight is 645 g/mol. The molecule has 12 heteroatoms. The van der Waals surface area contributed by atoms with Crippen LogP contribution < -0.4 is 0 Å². The molecular formula is C33H56O12. The lowest BCUT2D eigenvalue weighted by molar-refractivity contribution is -0.156. The summed E-state index contributed by atoms with van der Waals surface area (Å²) in [5.74, 6) is -11.2. The normalized spacial score (nSPS) is 11.5. The number of carboxylic acid groups (broad SMARTS) is 6. The number of hydrogen-bond acceptors (Lipinski definition) is 6. The molecule has 0 unspecified atom stereocenters. The number of aliphatic carboxylic acids is 6. The van der Waals surface area contributed by atoms with E-state index in [1.165, 1.54) is 0 Å². The zero-order valence-electron chi connectivity index (χ0n) is 26.7. The highest BCUT2D eigenvalue weighted by Crippen LogP contribution is 2.25. The van der Waals surface area contributed by atoms with E-state index < -0.39 is 53.6 Å². The van der Waals surface area contributed by atoms with Crippen LogP contribution in [0.3, 0.4) is 0 Å². The van der Waals surface area contributed by atoms with Crippen LogP contribution in [0.15, 0.2) is 0 Å². The van der Waals surface area contributed by atoms with Gasteiger partial charge < -0.3 is 30.6 Å². The van der Waals surface area contributed by atoms with E-state index in [2.05, 4.69) is 0 Å². The summed E-state index contributed by atoms with van der Waals surface area (Å²) in [5.41, 5.74) is 0. The zero-order chi connectivity index (χ0) is 34.0. The van der Waals surface area contributed by atoms with E-state index >= 15 is 0 Å². The van der Waals surface area contributed by atoms with Crippen LogP contribution in [0.25, 0.3) is 0 Å². The topological polar surface area (TPSA) is 224 Å². The Bertz CT molecular complexity index is 797. The maximum Gasteiger partial charge on any atom is 0.317 e. The van der Waals surface area contributed by atoms with Crippen molar-refractivity contribution >= 4 is 35.8 Å². The fourth-order valence-electron chi connectivity index (χ4n) is 5.78. The maximum absolute atomic E-state index is 11.0. The molecule has 6 N–H and O–H groups in total. The molecule has 0 aliphatic heterocycles. The van der Waals surface area contributed by atoms with Crippen molar-refractivity contribution in [3.8, 4) is 0 Å². The molecule has 0 atom stereocenters. The number of carboxylic acids is 6. The first kappa shape index (κ1) is 41.8. The lowest BCUT2D eigenvalue weighted by atomic mass is 9.89. The minimum Gasteiger partial charge on any atom is -0.481 e. The van der Waals surface area contributed by atoms with Gasteiger partial charge in [-0.25, -0.2) is 0 Å². The van der Waals surface area contributed by atoms with Gasteiger partial charge in [-0.05, 0) is 25.2 Å². The SMILES string of the molecule is O=C(O)C(CCCCCCCCC(CCCCCCCCC(C(=O)O)C(=O)O)CCCCCCCC(C(=O)O)C(=O)O)C(=O)O. The minimum absolute atomic E-state index is 0.146. The van der Waals surface area contributed by atoms with Crippen molar-refractivity contribution in [3.63, 3.8) is 0 Å². The van der Waals surface area contributed by atoms with Crippen molar-refractivity contribution in [2.75, 3.05) is 0 Å². The quantitative estimate of drug-likeness (QED) is 0.0324. The third kappa shape index (κ3) is 22.0. The first-order chi connectivity index (χ1) is 21.4. The number of rotatable bonds is 32. The smallest absolute Gasteiger partial charge is 0.317 e. The highest BCUT2D eigenvalue weighted by atomic mass is 16.4. The van der Waals surface area contributed by atoms with E-state index in [1.54, 1.807) is 0 Å². The number of unbranched alkanes of at least 4 members (excludes halogenated alkanes) is 14. The Labute approximate surface area is 266 Å². The molecular weight excluding hydrogens is 588 g/mol. The third-order valence-corrected chi connectivity index (χ3v) is 8.60. The molecule has 0 radical (unpaired) electrons. The van der Waals surface area contributed by atoms with Crippen molar-refractivity contribution in [1.29, 1.82) is 0 Å². The van der Waals surface area contributed by atoms with Gasteiger partial charge in [-0.3, -0.25) is 28.8 Å². The van der Waals surface area contributed by atoms with Crippen LogP contribution in [0, 0.1) is 23.7 Å². The average Bonchev–Trinajstić information content (AvgIpc) is 2.94. The minimum atomic E-state index is -1.34. The largest absolute Gasteiger partial charge is 0.481 e. The molecule has 0 amide bonds. The summed E-state index contributed by atoms with van der Waals surface area (Å²) in [6, 6.07) is 0. The van der Waals surface area contributed by atoms with Gasteiger partial charge in [-0.1, -0.05) is 128 Å². The van der Waals surface area contributed by atoms with E-state index in [0.717, 1.165) is 109 Å². The first-order valence-electron chi connectivity index (χ1n) is 16.7. The Morgan fingerprint density at radius 3 is 0.600 bits per heavy atom. The molecule has 45 heavy (non-hydrogen) atoms. The molecule has 0 aromatic carbocycles. The summed E-state index contributed by atoms with van der Waals surface area (Å²) >= 11 is 0. The van der Waals surface area contributed by atoms with Crippen molar-refractivity contribution in [2.45, 2.75) is 148 Å². The predicted octanol–water partition coefficient (Wildman–Crippen LogP) is 6.93. The number of hydrogen-bond donors (Lipinski definition) is 6. The molecule has 0 heterocycles. The maximum atomic E-state index is 11.0. The Balaban J connectivity index is 4.37. The van der Waals surface area contributed by atoms with E-state index in [-0.39, 0.29) is 19.3 Å². The highest BCUT2D eigenvalue weighted by Gasteiger charge is 2.26. The van der Waals surface area contributed by atoms with Crippen molar-refractivity contribution in [3.05, 3.63) is 0 Å². The molecule has 0 aromatic rings. The fraction of sp³-hybridized carbons (Fsp3) is 0.818. The summed E-state index contributed by atoms with van der Waals surface area (Å²) in [4.78, 5) is 65.9. The molecule has 0 fully saturated rings. The second-order valence-corrected chi connectivity index (χ2v) is 12.3. The molecule has 0 saturated heterocycles. The van der Waals surface area contributed by atoms with Gasteiger partial charge in [0.05, 0.1) is 0 Å². The van der Waals surface area contributed by atoms with E-state index in [9.17, 15) is 28.8 Å². The van der Waals surface area contributed by atoms with Crippen LogP contribution in [-0.4, -0.2) is 66.5 Å². The van der Waals surface area contributed by atoms with Gasteiger partial charge in [0.1, 0.15) is 0 Å². The fourth-order valence-corrected chi connectivity index (χ4v) is 5.78. The molecule has 0 aromatic heterocycles. The van der Waals surface area contributed by atoms with Crippen LogP contribution in [0.2, 0.25) is 0 Å².